The fourth-order valence-corrected chi connectivity index (χ4v) is 2.05. The predicted octanol–water partition coefficient (Wildman–Crippen LogP) is -0.598. The van der Waals surface area contributed by atoms with E-state index < -0.39 is 11.9 Å². The topological polar surface area (TPSA) is 93.4 Å². The van der Waals surface area contributed by atoms with Crippen molar-refractivity contribution in [2.45, 2.75) is 6.04 Å². The first-order valence-electron chi connectivity index (χ1n) is 5.46. The Balaban J connectivity index is 2.35. The average molecular weight is 272 g/mol. The Bertz CT molecular complexity index is 456. The van der Waals surface area contributed by atoms with Gasteiger partial charge in [-0.1, -0.05) is 11.6 Å². The normalized spacial score (nSPS) is 19.7. The van der Waals surface area contributed by atoms with E-state index in [9.17, 15) is 4.79 Å². The van der Waals surface area contributed by atoms with Crippen LogP contribution in [-0.4, -0.2) is 48.7 Å². The minimum absolute atomic E-state index is 0.205. The molecule has 3 N–H and O–H groups in total. The molecule has 1 unspecified atom stereocenters. The van der Waals surface area contributed by atoms with Gasteiger partial charge < -0.3 is 20.7 Å². The number of halogens is 1. The van der Waals surface area contributed by atoms with E-state index in [0.717, 1.165) is 6.54 Å². The van der Waals surface area contributed by atoms with Crippen LogP contribution in [0, 0.1) is 0 Å². The number of nitrogens with one attached hydrogen (secondary N) is 1. The Morgan fingerprint density at radius 2 is 2.50 bits per heavy atom. The van der Waals surface area contributed by atoms with Crippen LogP contribution in [0.5, 0.6) is 6.01 Å². The highest BCUT2D eigenvalue weighted by molar-refractivity contribution is 6.32. The molecule has 0 radical (unpaired) electrons. The first-order valence-corrected chi connectivity index (χ1v) is 5.84. The number of carbonyl (C=O) groups excluding carboxylic acids is 1. The zero-order valence-electron chi connectivity index (χ0n) is 9.89. The molecule has 1 fully saturated rings. The Labute approximate surface area is 109 Å². The number of carbonyl (C=O) groups is 1. The van der Waals surface area contributed by atoms with Crippen LogP contribution in [0.15, 0.2) is 6.20 Å². The summed E-state index contributed by atoms with van der Waals surface area (Å²) in [6.45, 7) is 1.79. The van der Waals surface area contributed by atoms with Gasteiger partial charge in [-0.15, -0.1) is 0 Å². The molecule has 0 spiro atoms. The third-order valence-electron chi connectivity index (χ3n) is 2.73. The molecule has 2 heterocycles. The molecule has 1 aromatic rings. The molecular weight excluding hydrogens is 258 g/mol. The molecule has 2 rings (SSSR count). The smallest absolute Gasteiger partial charge is 0.318 e. The number of nitrogens with two attached hydrogens (primary N) is 1. The summed E-state index contributed by atoms with van der Waals surface area (Å²) in [5.74, 6) is 0.0460. The first-order chi connectivity index (χ1) is 8.63. The Kier molecular flexibility index (Phi) is 3.83. The fraction of sp³-hybridized carbons (Fsp3) is 0.500. The molecule has 7 nitrogen and oxygen atoms in total. The van der Waals surface area contributed by atoms with Gasteiger partial charge in [0.2, 0.25) is 5.91 Å². The number of ether oxygens (including phenoxy) is 1. The van der Waals surface area contributed by atoms with Crippen LogP contribution >= 0.6 is 11.6 Å². The van der Waals surface area contributed by atoms with Crippen molar-refractivity contribution in [1.82, 2.24) is 15.3 Å². The minimum Gasteiger partial charge on any atom is -0.467 e. The third-order valence-corrected chi connectivity index (χ3v) is 3.00. The number of anilines is 1. The number of aromatic nitrogens is 2. The van der Waals surface area contributed by atoms with Crippen LogP contribution in [0.1, 0.15) is 0 Å². The average Bonchev–Trinajstić information content (AvgIpc) is 2.39. The maximum atomic E-state index is 11.4. The van der Waals surface area contributed by atoms with Crippen molar-refractivity contribution in [2.75, 3.05) is 31.6 Å². The van der Waals surface area contributed by atoms with E-state index in [2.05, 4.69) is 15.3 Å². The Morgan fingerprint density at radius 1 is 1.72 bits per heavy atom. The molecule has 0 aliphatic carbocycles. The molecule has 1 atom stereocenters. The molecule has 8 heteroatoms. The van der Waals surface area contributed by atoms with Crippen molar-refractivity contribution in [3.63, 3.8) is 0 Å². The number of primary amides is 1. The van der Waals surface area contributed by atoms with E-state index >= 15 is 0 Å². The highest BCUT2D eigenvalue weighted by Gasteiger charge is 2.29. The van der Waals surface area contributed by atoms with E-state index in [1.165, 1.54) is 13.3 Å². The van der Waals surface area contributed by atoms with Crippen LogP contribution < -0.4 is 20.7 Å². The second-order valence-corrected chi connectivity index (χ2v) is 4.25. The second-order valence-electron chi connectivity index (χ2n) is 3.84. The number of nitrogens with zero attached hydrogens (tertiary/aromatic N) is 3. The summed E-state index contributed by atoms with van der Waals surface area (Å²) in [6, 6.07) is -0.271. The van der Waals surface area contributed by atoms with E-state index in [-0.39, 0.29) is 6.01 Å². The zero-order valence-corrected chi connectivity index (χ0v) is 10.6. The number of piperazine rings is 1. The quantitative estimate of drug-likeness (QED) is 0.763. The lowest BCUT2D eigenvalue weighted by Crippen LogP contribution is -2.57. The van der Waals surface area contributed by atoms with E-state index in [4.69, 9.17) is 22.1 Å². The molecule has 0 bridgehead atoms. The molecular formula is C10H14ClN5O2. The first kappa shape index (κ1) is 12.8. The van der Waals surface area contributed by atoms with Crippen LogP contribution in [0.2, 0.25) is 5.02 Å². The second kappa shape index (κ2) is 5.36. The molecule has 18 heavy (non-hydrogen) atoms. The van der Waals surface area contributed by atoms with Gasteiger partial charge in [-0.3, -0.25) is 4.79 Å². The van der Waals surface area contributed by atoms with Crippen molar-refractivity contribution in [3.05, 3.63) is 11.2 Å². The van der Waals surface area contributed by atoms with Gasteiger partial charge in [0, 0.05) is 19.6 Å². The molecule has 0 aromatic carbocycles. The zero-order chi connectivity index (χ0) is 13.1. The molecule has 1 aliphatic heterocycles. The number of methoxy groups -OCH3 is 1. The summed E-state index contributed by atoms with van der Waals surface area (Å²) in [7, 11) is 1.47. The molecule has 1 amide bonds. The summed E-state index contributed by atoms with van der Waals surface area (Å²) < 4.78 is 4.96. The lowest BCUT2D eigenvalue weighted by molar-refractivity contribution is -0.119. The number of amides is 1. The van der Waals surface area contributed by atoms with Gasteiger partial charge in [-0.2, -0.15) is 4.98 Å². The lowest BCUT2D eigenvalue weighted by atomic mass is 10.2. The largest absolute Gasteiger partial charge is 0.467 e. The highest BCUT2D eigenvalue weighted by atomic mass is 35.5. The van der Waals surface area contributed by atoms with Gasteiger partial charge in [0.25, 0.3) is 0 Å². The van der Waals surface area contributed by atoms with Crippen molar-refractivity contribution in [1.29, 1.82) is 0 Å². The van der Waals surface area contributed by atoms with Gasteiger partial charge in [0.05, 0.1) is 13.3 Å². The van der Waals surface area contributed by atoms with Gasteiger partial charge in [0.1, 0.15) is 11.1 Å². The van der Waals surface area contributed by atoms with E-state index in [1.807, 2.05) is 0 Å². The van der Waals surface area contributed by atoms with Gasteiger partial charge >= 0.3 is 6.01 Å². The summed E-state index contributed by atoms with van der Waals surface area (Å²) in [5.41, 5.74) is 5.38. The van der Waals surface area contributed by atoms with Crippen molar-refractivity contribution < 1.29 is 9.53 Å². The predicted molar refractivity (Wildman–Crippen MR) is 66.8 cm³/mol. The molecule has 1 saturated heterocycles. The van der Waals surface area contributed by atoms with Crippen LogP contribution in [0.4, 0.5) is 5.82 Å². The standard InChI is InChI=1S/C10H14ClN5O2/c1-18-10-14-4-6(11)9(15-10)16-3-2-13-5-7(16)8(12)17/h4,7,13H,2-3,5H2,1H3,(H2,12,17). The van der Waals surface area contributed by atoms with E-state index in [1.54, 1.807) is 4.90 Å². The van der Waals surface area contributed by atoms with Crippen molar-refractivity contribution >= 4 is 23.3 Å². The monoisotopic (exact) mass is 271 g/mol. The molecule has 98 valence electrons. The number of hydrogen-bond donors (Lipinski definition) is 2. The molecule has 1 aromatic heterocycles. The SMILES string of the molecule is COc1ncc(Cl)c(N2CCNCC2C(N)=O)n1. The van der Waals surface area contributed by atoms with E-state index in [0.29, 0.717) is 23.9 Å². The summed E-state index contributed by atoms with van der Waals surface area (Å²) in [6.07, 6.45) is 1.45. The van der Waals surface area contributed by atoms with Crippen molar-refractivity contribution in [3.8, 4) is 6.01 Å². The highest BCUT2D eigenvalue weighted by Crippen LogP contribution is 2.26. The minimum atomic E-state index is -0.476. The Morgan fingerprint density at radius 3 is 3.17 bits per heavy atom. The lowest BCUT2D eigenvalue weighted by Gasteiger charge is -2.35. The van der Waals surface area contributed by atoms with Crippen LogP contribution in [0.25, 0.3) is 0 Å². The van der Waals surface area contributed by atoms with Crippen LogP contribution in [0.3, 0.4) is 0 Å². The van der Waals surface area contributed by atoms with Gasteiger partial charge in [-0.05, 0) is 0 Å². The molecule has 0 saturated carbocycles. The number of hydrogen-bond acceptors (Lipinski definition) is 6. The van der Waals surface area contributed by atoms with Gasteiger partial charge in [0.15, 0.2) is 5.82 Å². The third kappa shape index (κ3) is 2.46. The van der Waals surface area contributed by atoms with Crippen LogP contribution in [-0.2, 0) is 4.79 Å². The Hall–Kier alpha value is -1.60. The number of rotatable bonds is 3. The van der Waals surface area contributed by atoms with Crippen molar-refractivity contribution in [2.24, 2.45) is 5.73 Å². The summed E-state index contributed by atoms with van der Waals surface area (Å²) >= 11 is 6.06. The molecule has 1 aliphatic rings. The summed E-state index contributed by atoms with van der Waals surface area (Å²) in [4.78, 5) is 21.3. The summed E-state index contributed by atoms with van der Waals surface area (Å²) in [5, 5.41) is 3.47. The van der Waals surface area contributed by atoms with Gasteiger partial charge in [-0.25, -0.2) is 4.98 Å². The fourth-order valence-electron chi connectivity index (χ4n) is 1.85. The maximum Gasteiger partial charge on any atom is 0.318 e. The maximum absolute atomic E-state index is 11.4.